The molecule has 0 spiro atoms. The SMILES string of the molecule is CN1CCCC2CN(CCC(C)(C)C(N)=NO)CCC21. The lowest BCUT2D eigenvalue weighted by molar-refractivity contribution is 0.0359. The zero-order valence-electron chi connectivity index (χ0n) is 13.2. The summed E-state index contributed by atoms with van der Waals surface area (Å²) in [5, 5.41) is 12.0. The molecule has 2 heterocycles. The van der Waals surface area contributed by atoms with Crippen molar-refractivity contribution in [1.29, 1.82) is 0 Å². The Morgan fingerprint density at radius 3 is 2.80 bits per heavy atom. The van der Waals surface area contributed by atoms with E-state index in [9.17, 15) is 0 Å². The molecule has 2 fully saturated rings. The van der Waals surface area contributed by atoms with Gasteiger partial charge in [0.05, 0.1) is 0 Å². The molecule has 5 heteroatoms. The molecule has 2 aliphatic heterocycles. The van der Waals surface area contributed by atoms with Gasteiger partial charge in [-0.25, -0.2) is 0 Å². The van der Waals surface area contributed by atoms with Crippen LogP contribution in [0.4, 0.5) is 0 Å². The van der Waals surface area contributed by atoms with Gasteiger partial charge in [-0.1, -0.05) is 19.0 Å². The first-order chi connectivity index (χ1) is 9.44. The van der Waals surface area contributed by atoms with Crippen LogP contribution in [-0.4, -0.2) is 60.1 Å². The van der Waals surface area contributed by atoms with Gasteiger partial charge in [0.2, 0.25) is 0 Å². The van der Waals surface area contributed by atoms with Crippen LogP contribution in [0, 0.1) is 11.3 Å². The molecule has 2 rings (SSSR count). The number of nitrogens with two attached hydrogens (primary N) is 1. The van der Waals surface area contributed by atoms with E-state index in [2.05, 4.69) is 22.0 Å². The summed E-state index contributed by atoms with van der Waals surface area (Å²) in [4.78, 5) is 5.11. The molecule has 0 bridgehead atoms. The zero-order chi connectivity index (χ0) is 14.8. The molecule has 0 radical (unpaired) electrons. The lowest BCUT2D eigenvalue weighted by atomic mass is 9.83. The summed E-state index contributed by atoms with van der Waals surface area (Å²) in [6, 6.07) is 0.789. The van der Waals surface area contributed by atoms with Gasteiger partial charge in [-0.2, -0.15) is 0 Å². The number of hydrogen-bond donors (Lipinski definition) is 2. The van der Waals surface area contributed by atoms with E-state index in [-0.39, 0.29) is 5.41 Å². The van der Waals surface area contributed by atoms with Gasteiger partial charge in [-0.15, -0.1) is 0 Å². The number of amidine groups is 1. The van der Waals surface area contributed by atoms with E-state index in [0.717, 1.165) is 24.9 Å². The van der Waals surface area contributed by atoms with Crippen molar-refractivity contribution in [3.05, 3.63) is 0 Å². The van der Waals surface area contributed by atoms with E-state index in [1.54, 1.807) is 0 Å². The van der Waals surface area contributed by atoms with E-state index in [1.165, 1.54) is 38.9 Å². The van der Waals surface area contributed by atoms with E-state index >= 15 is 0 Å². The van der Waals surface area contributed by atoms with Crippen LogP contribution in [0.3, 0.4) is 0 Å². The number of rotatable bonds is 4. The topological polar surface area (TPSA) is 65.1 Å². The molecule has 0 saturated carbocycles. The zero-order valence-corrected chi connectivity index (χ0v) is 13.2. The van der Waals surface area contributed by atoms with Crippen LogP contribution >= 0.6 is 0 Å². The Labute approximate surface area is 122 Å². The summed E-state index contributed by atoms with van der Waals surface area (Å²) in [6.45, 7) is 8.78. The van der Waals surface area contributed by atoms with E-state index in [1.807, 2.05) is 13.8 Å². The van der Waals surface area contributed by atoms with Gasteiger partial charge in [0, 0.05) is 18.0 Å². The van der Waals surface area contributed by atoms with E-state index < -0.39 is 0 Å². The number of fused-ring (bicyclic) bond motifs is 1. The molecule has 0 amide bonds. The molecular formula is C15H30N4O. The summed E-state index contributed by atoms with van der Waals surface area (Å²) in [7, 11) is 2.27. The minimum Gasteiger partial charge on any atom is -0.409 e. The van der Waals surface area contributed by atoms with Crippen LogP contribution in [0.1, 0.15) is 39.5 Å². The van der Waals surface area contributed by atoms with Crippen molar-refractivity contribution in [1.82, 2.24) is 9.80 Å². The average Bonchev–Trinajstić information content (AvgIpc) is 2.44. The summed E-state index contributed by atoms with van der Waals surface area (Å²) in [6.07, 6.45) is 4.93. The van der Waals surface area contributed by atoms with E-state index in [4.69, 9.17) is 10.9 Å². The summed E-state index contributed by atoms with van der Waals surface area (Å²) in [5.41, 5.74) is 5.54. The minimum atomic E-state index is -0.227. The van der Waals surface area contributed by atoms with Crippen LogP contribution in [0.25, 0.3) is 0 Å². The summed E-state index contributed by atoms with van der Waals surface area (Å²) in [5.74, 6) is 1.17. The summed E-state index contributed by atoms with van der Waals surface area (Å²) >= 11 is 0. The number of piperidine rings is 2. The van der Waals surface area contributed by atoms with Crippen molar-refractivity contribution in [2.45, 2.75) is 45.6 Å². The summed E-state index contributed by atoms with van der Waals surface area (Å²) < 4.78 is 0. The highest BCUT2D eigenvalue weighted by Crippen LogP contribution is 2.30. The largest absolute Gasteiger partial charge is 0.409 e. The van der Waals surface area contributed by atoms with Crippen molar-refractivity contribution < 1.29 is 5.21 Å². The third-order valence-corrected chi connectivity index (χ3v) is 5.28. The smallest absolute Gasteiger partial charge is 0.144 e. The molecule has 3 N–H and O–H groups in total. The molecule has 116 valence electrons. The molecule has 2 aliphatic rings. The second-order valence-corrected chi connectivity index (χ2v) is 7.16. The fraction of sp³-hybridized carbons (Fsp3) is 0.933. The number of hydrogen-bond acceptors (Lipinski definition) is 4. The molecule has 20 heavy (non-hydrogen) atoms. The molecule has 2 unspecified atom stereocenters. The second kappa shape index (κ2) is 6.31. The maximum Gasteiger partial charge on any atom is 0.144 e. The van der Waals surface area contributed by atoms with Crippen LogP contribution < -0.4 is 5.73 Å². The van der Waals surface area contributed by atoms with Gasteiger partial charge >= 0.3 is 0 Å². The Hall–Kier alpha value is -0.810. The number of nitrogens with zero attached hydrogens (tertiary/aromatic N) is 3. The molecule has 0 aromatic rings. The van der Waals surface area contributed by atoms with Gasteiger partial charge in [0.15, 0.2) is 0 Å². The van der Waals surface area contributed by atoms with Gasteiger partial charge in [0.1, 0.15) is 5.84 Å². The van der Waals surface area contributed by atoms with Crippen molar-refractivity contribution in [2.24, 2.45) is 22.2 Å². The first kappa shape index (κ1) is 15.6. The van der Waals surface area contributed by atoms with Crippen LogP contribution in [0.2, 0.25) is 0 Å². The molecule has 2 saturated heterocycles. The van der Waals surface area contributed by atoms with Gasteiger partial charge < -0.3 is 20.7 Å². The highest BCUT2D eigenvalue weighted by atomic mass is 16.4. The fourth-order valence-corrected chi connectivity index (χ4v) is 3.63. The predicted octanol–water partition coefficient (Wildman–Crippen LogP) is 1.57. The quantitative estimate of drug-likeness (QED) is 0.355. The maximum atomic E-state index is 8.83. The molecule has 0 aromatic carbocycles. The standard InChI is InChI=1S/C15H30N4O/c1-15(2,14(16)17-20)7-10-19-9-6-13-12(11-19)5-4-8-18(13)3/h12-13,20H,4-11H2,1-3H3,(H2,16,17). The Morgan fingerprint density at radius 1 is 1.35 bits per heavy atom. The molecule has 0 aromatic heterocycles. The Bertz CT molecular complexity index is 356. The maximum absolute atomic E-state index is 8.83. The minimum absolute atomic E-state index is 0.227. The number of likely N-dealkylation sites (tertiary alicyclic amines) is 2. The van der Waals surface area contributed by atoms with Crippen molar-refractivity contribution in [3.63, 3.8) is 0 Å². The van der Waals surface area contributed by atoms with Crippen molar-refractivity contribution in [3.8, 4) is 0 Å². The van der Waals surface area contributed by atoms with Crippen LogP contribution in [0.5, 0.6) is 0 Å². The first-order valence-corrected chi connectivity index (χ1v) is 7.84. The van der Waals surface area contributed by atoms with Crippen molar-refractivity contribution in [2.75, 3.05) is 33.2 Å². The molecule has 5 nitrogen and oxygen atoms in total. The fourth-order valence-electron chi connectivity index (χ4n) is 3.63. The number of oxime groups is 1. The lowest BCUT2D eigenvalue weighted by Gasteiger charge is -2.46. The van der Waals surface area contributed by atoms with Gasteiger partial charge in [-0.05, 0) is 58.3 Å². The molecular weight excluding hydrogens is 252 g/mol. The van der Waals surface area contributed by atoms with Crippen molar-refractivity contribution >= 4 is 5.84 Å². The monoisotopic (exact) mass is 282 g/mol. The highest BCUT2D eigenvalue weighted by molar-refractivity contribution is 5.85. The predicted molar refractivity (Wildman–Crippen MR) is 82.0 cm³/mol. The first-order valence-electron chi connectivity index (χ1n) is 7.84. The second-order valence-electron chi connectivity index (χ2n) is 7.16. The Kier molecular flexibility index (Phi) is 4.91. The third kappa shape index (κ3) is 3.44. The van der Waals surface area contributed by atoms with Gasteiger partial charge in [-0.3, -0.25) is 0 Å². The molecule has 0 aliphatic carbocycles. The Balaban J connectivity index is 1.84. The average molecular weight is 282 g/mol. The third-order valence-electron chi connectivity index (χ3n) is 5.28. The lowest BCUT2D eigenvalue weighted by Crippen LogP contribution is -2.53. The normalized spacial score (nSPS) is 30.2. The van der Waals surface area contributed by atoms with Gasteiger partial charge in [0.25, 0.3) is 0 Å². The van der Waals surface area contributed by atoms with Crippen LogP contribution in [0.15, 0.2) is 5.16 Å². The highest BCUT2D eigenvalue weighted by Gasteiger charge is 2.34. The Morgan fingerprint density at radius 2 is 2.10 bits per heavy atom. The van der Waals surface area contributed by atoms with Crippen LogP contribution in [-0.2, 0) is 0 Å². The molecule has 2 atom stereocenters. The van der Waals surface area contributed by atoms with E-state index in [0.29, 0.717) is 5.84 Å².